The zero-order valence-corrected chi connectivity index (χ0v) is 9.46. The van der Waals surface area contributed by atoms with Crippen LogP contribution >= 0.6 is 0 Å². The molecule has 15 heavy (non-hydrogen) atoms. The molecule has 1 unspecified atom stereocenters. The molecule has 0 aromatic rings. The highest BCUT2D eigenvalue weighted by Gasteiger charge is 2.21. The Hall–Kier alpha value is -0.610. The highest BCUT2D eigenvalue weighted by Crippen LogP contribution is 2.07. The average molecular weight is 214 g/mol. The summed E-state index contributed by atoms with van der Waals surface area (Å²) in [6, 6.07) is 0.0951. The van der Waals surface area contributed by atoms with Crippen LogP contribution in [0.1, 0.15) is 39.0 Å². The van der Waals surface area contributed by atoms with Crippen molar-refractivity contribution in [1.29, 1.82) is 0 Å². The molecule has 0 bridgehead atoms. The Morgan fingerprint density at radius 3 is 2.93 bits per heavy atom. The molecule has 0 radical (unpaired) electrons. The molecule has 1 fully saturated rings. The summed E-state index contributed by atoms with van der Waals surface area (Å²) in [5.74, 6) is 0.0926. The van der Waals surface area contributed by atoms with E-state index >= 15 is 0 Å². The molecule has 4 heteroatoms. The number of amides is 1. The first-order valence-electron chi connectivity index (χ1n) is 5.92. The van der Waals surface area contributed by atoms with E-state index in [2.05, 4.69) is 10.6 Å². The minimum absolute atomic E-state index is 0.0218. The van der Waals surface area contributed by atoms with Gasteiger partial charge in [-0.25, -0.2) is 0 Å². The number of nitrogens with one attached hydrogen (secondary N) is 2. The Morgan fingerprint density at radius 1 is 1.60 bits per heavy atom. The maximum atomic E-state index is 11.8. The number of piperidine rings is 1. The summed E-state index contributed by atoms with van der Waals surface area (Å²) in [6.07, 6.45) is 4.74. The van der Waals surface area contributed by atoms with Crippen molar-refractivity contribution in [3.8, 4) is 0 Å². The number of aliphatic hydroxyl groups is 1. The summed E-state index contributed by atoms with van der Waals surface area (Å²) in [6.45, 7) is 3.10. The minimum Gasteiger partial charge on any atom is -0.396 e. The standard InChI is InChI=1S/C11H22N2O2/c1-2-9(6-8-14)13-11(15)10-5-3-4-7-12-10/h9-10,12,14H,2-8H2,1H3,(H,13,15)/t9?,10-/m0/s1. The monoisotopic (exact) mass is 214 g/mol. The average Bonchev–Trinajstić information content (AvgIpc) is 2.29. The molecule has 0 aromatic carbocycles. The molecule has 2 atom stereocenters. The summed E-state index contributed by atoms with van der Waals surface area (Å²) in [7, 11) is 0. The highest BCUT2D eigenvalue weighted by atomic mass is 16.3. The van der Waals surface area contributed by atoms with E-state index in [4.69, 9.17) is 5.11 Å². The largest absolute Gasteiger partial charge is 0.396 e. The number of carbonyl (C=O) groups excluding carboxylic acids is 1. The van der Waals surface area contributed by atoms with E-state index in [9.17, 15) is 4.79 Å². The molecule has 0 saturated carbocycles. The van der Waals surface area contributed by atoms with Crippen molar-refractivity contribution >= 4 is 5.91 Å². The molecule has 1 aliphatic rings. The van der Waals surface area contributed by atoms with Gasteiger partial charge in [0.25, 0.3) is 0 Å². The SMILES string of the molecule is CCC(CCO)NC(=O)[C@@H]1CCCCN1. The lowest BCUT2D eigenvalue weighted by Gasteiger charge is -2.25. The zero-order chi connectivity index (χ0) is 11.1. The molecule has 1 amide bonds. The first kappa shape index (κ1) is 12.5. The summed E-state index contributed by atoms with van der Waals surface area (Å²) in [5.41, 5.74) is 0. The maximum Gasteiger partial charge on any atom is 0.237 e. The van der Waals surface area contributed by atoms with Gasteiger partial charge in [-0.2, -0.15) is 0 Å². The van der Waals surface area contributed by atoms with Gasteiger partial charge >= 0.3 is 0 Å². The predicted octanol–water partition coefficient (Wildman–Crippen LogP) is 0.406. The smallest absolute Gasteiger partial charge is 0.237 e. The Bertz CT molecular complexity index is 191. The van der Waals surface area contributed by atoms with Gasteiger partial charge in [0.2, 0.25) is 5.91 Å². The van der Waals surface area contributed by atoms with Crippen molar-refractivity contribution in [2.45, 2.75) is 51.1 Å². The van der Waals surface area contributed by atoms with Gasteiger partial charge in [-0.3, -0.25) is 4.79 Å². The van der Waals surface area contributed by atoms with Gasteiger partial charge in [0.15, 0.2) is 0 Å². The van der Waals surface area contributed by atoms with E-state index < -0.39 is 0 Å². The molecular formula is C11H22N2O2. The quantitative estimate of drug-likeness (QED) is 0.621. The molecule has 0 aromatic heterocycles. The lowest BCUT2D eigenvalue weighted by atomic mass is 10.0. The van der Waals surface area contributed by atoms with E-state index in [1.807, 2.05) is 6.92 Å². The van der Waals surface area contributed by atoms with Gasteiger partial charge in [-0.15, -0.1) is 0 Å². The highest BCUT2D eigenvalue weighted by molar-refractivity contribution is 5.82. The second kappa shape index (κ2) is 6.80. The lowest BCUT2D eigenvalue weighted by molar-refractivity contribution is -0.124. The summed E-state index contributed by atoms with van der Waals surface area (Å²) in [5, 5.41) is 15.0. The van der Waals surface area contributed by atoms with E-state index in [1.165, 1.54) is 0 Å². The van der Waals surface area contributed by atoms with Crippen LogP contribution in [-0.2, 0) is 4.79 Å². The van der Waals surface area contributed by atoms with Crippen molar-refractivity contribution in [2.75, 3.05) is 13.2 Å². The molecule has 3 N–H and O–H groups in total. The van der Waals surface area contributed by atoms with Crippen LogP contribution in [0, 0.1) is 0 Å². The van der Waals surface area contributed by atoms with Crippen molar-refractivity contribution in [3.63, 3.8) is 0 Å². The second-order valence-corrected chi connectivity index (χ2v) is 4.13. The summed E-state index contributed by atoms with van der Waals surface area (Å²) >= 11 is 0. The fourth-order valence-corrected chi connectivity index (χ4v) is 1.91. The van der Waals surface area contributed by atoms with E-state index in [-0.39, 0.29) is 24.6 Å². The van der Waals surface area contributed by atoms with Gasteiger partial charge < -0.3 is 15.7 Å². The molecule has 1 rings (SSSR count). The molecule has 1 aliphatic heterocycles. The van der Waals surface area contributed by atoms with E-state index in [0.717, 1.165) is 32.2 Å². The molecule has 0 aliphatic carbocycles. The number of carbonyl (C=O) groups is 1. The van der Waals surface area contributed by atoms with Crippen LogP contribution in [0.3, 0.4) is 0 Å². The molecule has 1 heterocycles. The third-order valence-electron chi connectivity index (χ3n) is 2.94. The first-order valence-corrected chi connectivity index (χ1v) is 5.92. The normalized spacial score (nSPS) is 23.5. The van der Waals surface area contributed by atoms with Crippen LogP contribution in [-0.4, -0.2) is 36.2 Å². The van der Waals surface area contributed by atoms with Crippen LogP contribution in [0.15, 0.2) is 0 Å². The van der Waals surface area contributed by atoms with Crippen LogP contribution in [0.5, 0.6) is 0 Å². The fraction of sp³-hybridized carbons (Fsp3) is 0.909. The fourth-order valence-electron chi connectivity index (χ4n) is 1.91. The molecular weight excluding hydrogens is 192 g/mol. The van der Waals surface area contributed by atoms with Gasteiger partial charge in [-0.1, -0.05) is 13.3 Å². The molecule has 1 saturated heterocycles. The Morgan fingerprint density at radius 2 is 2.40 bits per heavy atom. The summed E-state index contributed by atoms with van der Waals surface area (Å²) in [4.78, 5) is 11.8. The van der Waals surface area contributed by atoms with Crippen molar-refractivity contribution in [2.24, 2.45) is 0 Å². The zero-order valence-electron chi connectivity index (χ0n) is 9.46. The predicted molar refractivity (Wildman–Crippen MR) is 59.6 cm³/mol. The van der Waals surface area contributed by atoms with Crippen molar-refractivity contribution in [1.82, 2.24) is 10.6 Å². The van der Waals surface area contributed by atoms with Crippen molar-refractivity contribution < 1.29 is 9.90 Å². The number of hydrogen-bond donors (Lipinski definition) is 3. The van der Waals surface area contributed by atoms with Gasteiger partial charge in [0.1, 0.15) is 0 Å². The maximum absolute atomic E-state index is 11.8. The van der Waals surface area contributed by atoms with E-state index in [0.29, 0.717) is 6.42 Å². The van der Waals surface area contributed by atoms with Gasteiger partial charge in [0.05, 0.1) is 6.04 Å². The number of hydrogen-bond acceptors (Lipinski definition) is 3. The number of aliphatic hydroxyl groups excluding tert-OH is 1. The van der Waals surface area contributed by atoms with Crippen LogP contribution < -0.4 is 10.6 Å². The summed E-state index contributed by atoms with van der Waals surface area (Å²) < 4.78 is 0. The lowest BCUT2D eigenvalue weighted by Crippen LogP contribution is -2.49. The van der Waals surface area contributed by atoms with Gasteiger partial charge in [0, 0.05) is 12.6 Å². The topological polar surface area (TPSA) is 61.4 Å². The van der Waals surface area contributed by atoms with Crippen LogP contribution in [0.2, 0.25) is 0 Å². The van der Waals surface area contributed by atoms with E-state index in [1.54, 1.807) is 0 Å². The molecule has 88 valence electrons. The third kappa shape index (κ3) is 4.18. The Kier molecular flexibility index (Phi) is 5.65. The third-order valence-corrected chi connectivity index (χ3v) is 2.94. The minimum atomic E-state index is -0.0218. The number of rotatable bonds is 5. The van der Waals surface area contributed by atoms with Crippen molar-refractivity contribution in [3.05, 3.63) is 0 Å². The Balaban J connectivity index is 2.31. The van der Waals surface area contributed by atoms with Gasteiger partial charge in [-0.05, 0) is 32.2 Å². The molecule has 0 spiro atoms. The first-order chi connectivity index (χ1) is 7.27. The van der Waals surface area contributed by atoms with Crippen LogP contribution in [0.4, 0.5) is 0 Å². The Labute approximate surface area is 91.4 Å². The van der Waals surface area contributed by atoms with Crippen LogP contribution in [0.25, 0.3) is 0 Å². The molecule has 4 nitrogen and oxygen atoms in total. The second-order valence-electron chi connectivity index (χ2n) is 4.13.